The van der Waals surface area contributed by atoms with Crippen molar-refractivity contribution >= 4 is 24.1 Å². The highest BCUT2D eigenvalue weighted by atomic mass is 16.6. The van der Waals surface area contributed by atoms with Gasteiger partial charge in [0.15, 0.2) is 18.7 Å². The molecule has 0 spiro atoms. The number of nitrogens with one attached hydrogen (secondary N) is 2. The van der Waals surface area contributed by atoms with Gasteiger partial charge in [0.1, 0.15) is 17.6 Å². The number of nitrogens with zero attached hydrogens (tertiary/aromatic N) is 2. The molecule has 3 heterocycles. The number of hydrogen-bond acceptors (Lipinski definition) is 7. The van der Waals surface area contributed by atoms with Crippen LogP contribution in [-0.2, 0) is 9.53 Å². The highest BCUT2D eigenvalue weighted by Gasteiger charge is 2.44. The van der Waals surface area contributed by atoms with Gasteiger partial charge in [0.2, 0.25) is 0 Å². The lowest BCUT2D eigenvalue weighted by atomic mass is 10.0. The Morgan fingerprint density at radius 3 is 2.63 bits per heavy atom. The zero-order valence-corrected chi connectivity index (χ0v) is 19.7. The van der Waals surface area contributed by atoms with E-state index in [0.29, 0.717) is 29.8 Å². The number of anilines is 1. The molecule has 10 heteroatoms. The Morgan fingerprint density at radius 2 is 1.91 bits per heavy atom. The van der Waals surface area contributed by atoms with Crippen LogP contribution >= 0.6 is 0 Å². The number of rotatable bonds is 7. The second kappa shape index (κ2) is 9.59. The zero-order chi connectivity index (χ0) is 24.5. The summed E-state index contributed by atoms with van der Waals surface area (Å²) in [6.45, 7) is 1.41. The number of fused-ring (bicyclic) bond motifs is 2. The number of hydrogen-bond donors (Lipinski definition) is 3. The van der Waals surface area contributed by atoms with E-state index in [1.165, 1.54) is 6.07 Å². The summed E-state index contributed by atoms with van der Waals surface area (Å²) in [6.07, 6.45) is 6.96. The number of phenols is 1. The van der Waals surface area contributed by atoms with Gasteiger partial charge in [-0.25, -0.2) is 4.79 Å². The summed E-state index contributed by atoms with van der Waals surface area (Å²) in [5.41, 5.74) is 1.58. The number of phenolic OH excluding ortho intramolecular Hbond substituents is 1. The fourth-order valence-corrected chi connectivity index (χ4v) is 5.66. The fourth-order valence-electron chi connectivity index (χ4n) is 5.66. The first kappa shape index (κ1) is 23.2. The molecule has 3 aliphatic rings. The summed E-state index contributed by atoms with van der Waals surface area (Å²) in [5, 5.41) is 19.7. The van der Waals surface area contributed by atoms with Crippen molar-refractivity contribution in [2.75, 3.05) is 11.9 Å². The van der Waals surface area contributed by atoms with E-state index < -0.39 is 5.91 Å². The number of aromatic hydroxyl groups is 1. The Hall–Kier alpha value is -3.56. The minimum atomic E-state index is -0.445. The number of aromatic amines is 1. The number of carbonyl (C=O) groups is 3. The molecule has 3 N–H and O–H groups in total. The first-order chi connectivity index (χ1) is 16.9. The van der Waals surface area contributed by atoms with Crippen LogP contribution in [0.1, 0.15) is 72.5 Å². The van der Waals surface area contributed by atoms with Crippen LogP contribution in [0, 0.1) is 6.92 Å². The van der Waals surface area contributed by atoms with Gasteiger partial charge in [-0.15, -0.1) is 0 Å². The third-order valence-corrected chi connectivity index (χ3v) is 7.36. The molecule has 3 fully saturated rings. The van der Waals surface area contributed by atoms with E-state index in [4.69, 9.17) is 9.47 Å². The number of ether oxygens (including phenoxy) is 2. The largest absolute Gasteiger partial charge is 0.507 e. The molecule has 5 rings (SSSR count). The van der Waals surface area contributed by atoms with Crippen molar-refractivity contribution in [2.45, 2.75) is 76.0 Å². The molecular weight excluding hydrogens is 452 g/mol. The summed E-state index contributed by atoms with van der Waals surface area (Å²) in [4.78, 5) is 38.2. The van der Waals surface area contributed by atoms with Crippen LogP contribution in [0.4, 0.5) is 10.6 Å². The summed E-state index contributed by atoms with van der Waals surface area (Å²) < 4.78 is 11.3. The second-order valence-corrected chi connectivity index (χ2v) is 9.74. The number of H-pyrrole nitrogens is 1. The zero-order valence-electron chi connectivity index (χ0n) is 19.7. The lowest BCUT2D eigenvalue weighted by Gasteiger charge is -2.23. The van der Waals surface area contributed by atoms with Crippen molar-refractivity contribution in [3.63, 3.8) is 0 Å². The van der Waals surface area contributed by atoms with Crippen molar-refractivity contribution in [1.29, 1.82) is 0 Å². The minimum Gasteiger partial charge on any atom is -0.507 e. The quantitative estimate of drug-likeness (QED) is 0.513. The van der Waals surface area contributed by atoms with Gasteiger partial charge in [-0.1, -0.05) is 0 Å². The van der Waals surface area contributed by atoms with E-state index in [1.807, 2.05) is 4.90 Å². The molecule has 2 amide bonds. The first-order valence-corrected chi connectivity index (χ1v) is 12.2. The lowest BCUT2D eigenvalue weighted by Crippen LogP contribution is -2.37. The third-order valence-electron chi connectivity index (χ3n) is 7.36. The minimum absolute atomic E-state index is 0.000623. The highest BCUT2D eigenvalue weighted by Crippen LogP contribution is 2.40. The molecule has 1 aromatic heterocycles. The summed E-state index contributed by atoms with van der Waals surface area (Å²) >= 11 is 0. The van der Waals surface area contributed by atoms with E-state index in [-0.39, 0.29) is 41.8 Å². The summed E-state index contributed by atoms with van der Waals surface area (Å²) in [5.74, 6) is 0.0391. The van der Waals surface area contributed by atoms with Crippen molar-refractivity contribution < 1.29 is 29.0 Å². The molecule has 2 bridgehead atoms. The van der Waals surface area contributed by atoms with Gasteiger partial charge in [0.05, 0.1) is 5.56 Å². The number of aryl methyl sites for hydroxylation is 1. The van der Waals surface area contributed by atoms with Crippen molar-refractivity contribution in [3.05, 3.63) is 35.0 Å². The van der Waals surface area contributed by atoms with Gasteiger partial charge >= 0.3 is 6.09 Å². The van der Waals surface area contributed by atoms with Gasteiger partial charge < -0.3 is 24.8 Å². The van der Waals surface area contributed by atoms with E-state index in [2.05, 4.69) is 15.5 Å². The number of amides is 2. The normalized spacial score (nSPS) is 25.0. The monoisotopic (exact) mass is 482 g/mol. The molecule has 1 aromatic carbocycles. The predicted molar refractivity (Wildman–Crippen MR) is 126 cm³/mol. The van der Waals surface area contributed by atoms with E-state index in [9.17, 15) is 19.5 Å². The third kappa shape index (κ3) is 4.82. The Morgan fingerprint density at radius 1 is 1.17 bits per heavy atom. The topological polar surface area (TPSA) is 134 Å². The Labute approximate surface area is 203 Å². The molecule has 1 aliphatic carbocycles. The average Bonchev–Trinajstić information content (AvgIpc) is 3.62. The molecule has 35 heavy (non-hydrogen) atoms. The summed E-state index contributed by atoms with van der Waals surface area (Å²) in [6, 6.07) is 5.53. The molecule has 2 atom stereocenters. The number of carbonyl (C=O) groups excluding carboxylic acids is 3. The summed E-state index contributed by atoms with van der Waals surface area (Å²) in [7, 11) is 0. The maximum atomic E-state index is 12.7. The van der Waals surface area contributed by atoms with Gasteiger partial charge in [0, 0.05) is 29.8 Å². The number of benzene rings is 1. The highest BCUT2D eigenvalue weighted by molar-refractivity contribution is 5.91. The van der Waals surface area contributed by atoms with Crippen LogP contribution in [0.5, 0.6) is 11.5 Å². The number of aldehydes is 1. The van der Waals surface area contributed by atoms with Crippen molar-refractivity contribution in [3.8, 4) is 11.5 Å². The molecule has 0 unspecified atom stereocenters. The smallest absolute Gasteiger partial charge is 0.410 e. The standard InChI is InChI=1S/C25H30N4O6/c1-14-8-21(31)19(12-30)22(9-14)34-13-24(32)26-23-11-20(27-28-23)15-2-7-18(10-15)35-25(33)29-16-3-4-17(29)6-5-16/h8-9,11-12,15-18,31H,2-7,10,13H2,1H3,(H2,26,27,28,32)/t15-,16?,17?,18+/m0/s1. The molecular formula is C25H30N4O6. The van der Waals surface area contributed by atoms with Crippen molar-refractivity contribution in [1.82, 2.24) is 15.1 Å². The number of aromatic nitrogens is 2. The van der Waals surface area contributed by atoms with Crippen LogP contribution in [-0.4, -0.2) is 63.3 Å². The average molecular weight is 483 g/mol. The molecule has 2 saturated heterocycles. The van der Waals surface area contributed by atoms with Crippen LogP contribution in [0.3, 0.4) is 0 Å². The van der Waals surface area contributed by atoms with E-state index in [0.717, 1.165) is 50.6 Å². The lowest BCUT2D eigenvalue weighted by molar-refractivity contribution is -0.118. The predicted octanol–water partition coefficient (Wildman–Crippen LogP) is 3.65. The molecule has 2 aromatic rings. The van der Waals surface area contributed by atoms with Crippen LogP contribution in [0.15, 0.2) is 18.2 Å². The maximum absolute atomic E-state index is 12.7. The van der Waals surface area contributed by atoms with Gasteiger partial charge in [-0.3, -0.25) is 14.7 Å². The van der Waals surface area contributed by atoms with Crippen molar-refractivity contribution in [2.24, 2.45) is 0 Å². The Kier molecular flexibility index (Phi) is 6.36. The van der Waals surface area contributed by atoms with E-state index in [1.54, 1.807) is 19.1 Å². The molecule has 186 valence electrons. The van der Waals surface area contributed by atoms with Gasteiger partial charge in [0.25, 0.3) is 5.91 Å². The SMILES string of the molecule is Cc1cc(O)c(C=O)c(OCC(=O)Nc2cc([C@H]3CC[C@@H](OC(=O)N4C5CCC4CC5)C3)[nH]n2)c1. The van der Waals surface area contributed by atoms with Crippen LogP contribution < -0.4 is 10.1 Å². The molecule has 1 saturated carbocycles. The van der Waals surface area contributed by atoms with Gasteiger partial charge in [-0.05, 0) is 69.6 Å². The Bertz CT molecular complexity index is 1110. The molecule has 0 radical (unpaired) electrons. The van der Waals surface area contributed by atoms with Crippen LogP contribution in [0.2, 0.25) is 0 Å². The van der Waals surface area contributed by atoms with Crippen LogP contribution in [0.25, 0.3) is 0 Å². The maximum Gasteiger partial charge on any atom is 0.410 e. The first-order valence-electron chi connectivity index (χ1n) is 12.2. The van der Waals surface area contributed by atoms with E-state index >= 15 is 0 Å². The van der Waals surface area contributed by atoms with Gasteiger partial charge in [-0.2, -0.15) is 5.10 Å². The molecule has 10 nitrogen and oxygen atoms in total. The fraction of sp³-hybridized carbons (Fsp3) is 0.520. The Balaban J connectivity index is 1.11. The second-order valence-electron chi connectivity index (χ2n) is 9.74. The molecule has 2 aliphatic heterocycles.